The molecule has 0 spiro atoms. The molecule has 2 aliphatic heterocycles. The number of rotatable bonds is 11. The third-order valence-corrected chi connectivity index (χ3v) is 6.62. The second-order valence-corrected chi connectivity index (χ2v) is 9.00. The summed E-state index contributed by atoms with van der Waals surface area (Å²) >= 11 is 0. The van der Waals surface area contributed by atoms with Crippen LogP contribution >= 0.6 is 0 Å². The number of hydrogen-bond acceptors (Lipinski definition) is 4. The van der Waals surface area contributed by atoms with Gasteiger partial charge in [0.1, 0.15) is 0 Å². The Morgan fingerprint density at radius 1 is 0.550 bits per heavy atom. The van der Waals surface area contributed by atoms with E-state index >= 15 is 0 Å². The van der Waals surface area contributed by atoms with E-state index in [0.29, 0.717) is 12.8 Å². The molecule has 0 atom stereocenters. The maximum atomic E-state index is 11.5. The third kappa shape index (κ3) is 4.82. The average Bonchev–Trinajstić information content (AvgIpc) is 3.22. The largest absolute Gasteiger partial charge is 0.250 e. The fraction of sp³-hybridized carbons (Fsp3) is 0.667. The Morgan fingerprint density at radius 2 is 0.850 bits per heavy atom. The van der Waals surface area contributed by atoms with Gasteiger partial charge in [-0.05, 0) is 12.8 Å². The summed E-state index contributed by atoms with van der Waals surface area (Å²) < 4.78 is 48.5. The van der Waals surface area contributed by atoms with Crippen LogP contribution in [-0.4, -0.2) is 37.0 Å². The van der Waals surface area contributed by atoms with Crippen molar-refractivity contribution in [2.45, 2.75) is 38.5 Å². The van der Waals surface area contributed by atoms with Crippen molar-refractivity contribution in [2.75, 3.05) is 11.5 Å². The number of hydrogen-bond donors (Lipinski definition) is 0. The van der Waals surface area contributed by atoms with E-state index in [4.69, 9.17) is 0 Å². The van der Waals surface area contributed by atoms with Crippen molar-refractivity contribution in [2.24, 2.45) is 0 Å². The Labute approximate surface area is 120 Å². The molecule has 0 bridgehead atoms. The first-order valence-corrected chi connectivity index (χ1v) is 10.0. The zero-order valence-electron chi connectivity index (χ0n) is 11.3. The van der Waals surface area contributed by atoms with Crippen LogP contribution in [0.3, 0.4) is 0 Å². The molecule has 0 unspecified atom stereocenters. The fourth-order valence-electron chi connectivity index (χ4n) is 1.91. The van der Waals surface area contributed by atoms with Gasteiger partial charge in [-0.3, -0.25) is 0 Å². The van der Waals surface area contributed by atoms with Crippen molar-refractivity contribution in [3.8, 4) is 0 Å². The summed E-state index contributed by atoms with van der Waals surface area (Å²) in [6.07, 6.45) is 11.1. The zero-order chi connectivity index (χ0) is 14.6. The van der Waals surface area contributed by atoms with Gasteiger partial charge in [-0.1, -0.05) is 25.7 Å². The summed E-state index contributed by atoms with van der Waals surface area (Å²) in [5.41, 5.74) is 0. The average molecular weight is 320 g/mol. The fourth-order valence-corrected chi connectivity index (χ4v) is 4.32. The quantitative estimate of drug-likeness (QED) is 0.542. The van der Waals surface area contributed by atoms with Gasteiger partial charge >= 0.3 is 0 Å². The SMILES string of the molecule is O=S(=O)(CCCCCCCCS(=O)(=O)N1C=C1)N1C=C1. The van der Waals surface area contributed by atoms with E-state index in [1.54, 1.807) is 24.8 Å². The molecule has 0 amide bonds. The van der Waals surface area contributed by atoms with Crippen LogP contribution in [-0.2, 0) is 20.0 Å². The first-order valence-electron chi connectivity index (χ1n) is 6.81. The summed E-state index contributed by atoms with van der Waals surface area (Å²) in [6, 6.07) is 0. The normalized spacial score (nSPS) is 16.8. The molecule has 0 radical (unpaired) electrons. The maximum Gasteiger partial charge on any atom is 0.238 e. The maximum absolute atomic E-state index is 11.5. The molecule has 0 N–H and O–H groups in total. The molecule has 20 heavy (non-hydrogen) atoms. The third-order valence-electron chi connectivity index (χ3n) is 3.24. The van der Waals surface area contributed by atoms with Gasteiger partial charge in [-0.15, -0.1) is 0 Å². The van der Waals surface area contributed by atoms with E-state index in [0.717, 1.165) is 25.7 Å². The van der Waals surface area contributed by atoms with Crippen LogP contribution in [0.1, 0.15) is 38.5 Å². The van der Waals surface area contributed by atoms with E-state index in [2.05, 4.69) is 0 Å². The van der Waals surface area contributed by atoms with Crippen LogP contribution in [0, 0.1) is 0 Å². The van der Waals surface area contributed by atoms with Crippen molar-refractivity contribution >= 4 is 20.0 Å². The number of unbranched alkanes of at least 4 members (excludes halogenated alkanes) is 5. The van der Waals surface area contributed by atoms with Gasteiger partial charge in [0.15, 0.2) is 0 Å². The highest BCUT2D eigenvalue weighted by molar-refractivity contribution is 7.89. The van der Waals surface area contributed by atoms with Crippen molar-refractivity contribution in [1.82, 2.24) is 8.61 Å². The van der Waals surface area contributed by atoms with Gasteiger partial charge in [0.05, 0.1) is 11.5 Å². The molecule has 0 aromatic carbocycles. The molecule has 0 aliphatic carbocycles. The molecule has 2 rings (SSSR count). The molecule has 2 aliphatic rings. The Balaban J connectivity index is 1.44. The van der Waals surface area contributed by atoms with Crippen LogP contribution in [0.2, 0.25) is 0 Å². The van der Waals surface area contributed by atoms with Crippen LogP contribution in [0.4, 0.5) is 0 Å². The minimum Gasteiger partial charge on any atom is -0.250 e. The van der Waals surface area contributed by atoms with Crippen LogP contribution in [0.25, 0.3) is 0 Å². The molecule has 0 saturated heterocycles. The minimum atomic E-state index is -3.08. The van der Waals surface area contributed by atoms with Gasteiger partial charge in [0.25, 0.3) is 0 Å². The van der Waals surface area contributed by atoms with E-state index in [1.165, 1.54) is 8.61 Å². The Kier molecular flexibility index (Phi) is 4.74. The minimum absolute atomic E-state index is 0.189. The molecule has 2 heterocycles. The lowest BCUT2D eigenvalue weighted by atomic mass is 10.1. The lowest BCUT2D eigenvalue weighted by Crippen LogP contribution is -2.15. The van der Waals surface area contributed by atoms with Gasteiger partial charge < -0.3 is 0 Å². The summed E-state index contributed by atoms with van der Waals surface area (Å²) in [5.74, 6) is 0.379. The van der Waals surface area contributed by atoms with Crippen LogP contribution in [0.15, 0.2) is 24.8 Å². The van der Waals surface area contributed by atoms with Crippen molar-refractivity contribution in [3.63, 3.8) is 0 Å². The van der Waals surface area contributed by atoms with Crippen LogP contribution < -0.4 is 0 Å². The van der Waals surface area contributed by atoms with Gasteiger partial charge in [-0.25, -0.2) is 25.4 Å². The van der Waals surface area contributed by atoms with Crippen molar-refractivity contribution < 1.29 is 16.8 Å². The zero-order valence-corrected chi connectivity index (χ0v) is 12.9. The molecular weight excluding hydrogens is 300 g/mol. The molecule has 0 fully saturated rings. The molecular formula is C12H20N2O4S2. The highest BCUT2D eigenvalue weighted by Crippen LogP contribution is 2.18. The lowest BCUT2D eigenvalue weighted by Gasteiger charge is -2.06. The van der Waals surface area contributed by atoms with Gasteiger partial charge in [-0.2, -0.15) is 0 Å². The number of sulfonamides is 2. The monoisotopic (exact) mass is 320 g/mol. The molecule has 6 nitrogen and oxygen atoms in total. The van der Waals surface area contributed by atoms with Gasteiger partial charge in [0.2, 0.25) is 20.0 Å². The number of nitrogens with zero attached hydrogens (tertiary/aromatic N) is 2. The van der Waals surface area contributed by atoms with Crippen molar-refractivity contribution in [1.29, 1.82) is 0 Å². The predicted molar refractivity (Wildman–Crippen MR) is 77.2 cm³/mol. The second kappa shape index (κ2) is 6.17. The Morgan fingerprint density at radius 3 is 1.15 bits per heavy atom. The molecule has 0 saturated carbocycles. The van der Waals surface area contributed by atoms with Crippen LogP contribution in [0.5, 0.6) is 0 Å². The molecule has 0 aromatic rings. The van der Waals surface area contributed by atoms with E-state index in [9.17, 15) is 16.8 Å². The summed E-state index contributed by atoms with van der Waals surface area (Å²) in [6.45, 7) is 0. The highest BCUT2D eigenvalue weighted by Gasteiger charge is 2.23. The smallest absolute Gasteiger partial charge is 0.238 e. The van der Waals surface area contributed by atoms with E-state index < -0.39 is 20.0 Å². The predicted octanol–water partition coefficient (Wildman–Crippen LogP) is 1.56. The van der Waals surface area contributed by atoms with Gasteiger partial charge in [0, 0.05) is 24.8 Å². The first-order chi connectivity index (χ1) is 9.42. The second-order valence-electron chi connectivity index (χ2n) is 5.01. The molecule has 114 valence electrons. The van der Waals surface area contributed by atoms with Crippen molar-refractivity contribution in [3.05, 3.63) is 24.8 Å². The summed E-state index contributed by atoms with van der Waals surface area (Å²) in [7, 11) is -6.15. The summed E-state index contributed by atoms with van der Waals surface area (Å²) in [4.78, 5) is 0. The first kappa shape index (κ1) is 15.4. The molecule has 8 heteroatoms. The molecule has 0 aromatic heterocycles. The Hall–Kier alpha value is -1.02. The lowest BCUT2D eigenvalue weighted by molar-refractivity contribution is 0.553. The standard InChI is InChI=1S/C12H20N2O4S2/c15-19(16,13-7-8-13)11-5-3-1-2-4-6-12-20(17,18)14-9-10-14/h7-10H,1-6,11-12H2. The highest BCUT2D eigenvalue weighted by atomic mass is 32.2. The van der Waals surface area contributed by atoms with E-state index in [-0.39, 0.29) is 11.5 Å². The Bertz CT molecular complexity index is 527. The van der Waals surface area contributed by atoms with E-state index in [1.807, 2.05) is 0 Å². The topological polar surface area (TPSA) is 74.3 Å². The summed E-state index contributed by atoms with van der Waals surface area (Å²) in [5, 5.41) is 0.